The van der Waals surface area contributed by atoms with Gasteiger partial charge in [0.15, 0.2) is 0 Å². The van der Waals surface area contributed by atoms with E-state index in [1.807, 2.05) is 46.1 Å². The minimum absolute atomic E-state index is 0.297. The molecule has 0 bridgehead atoms. The van der Waals surface area contributed by atoms with Crippen LogP contribution in [-0.4, -0.2) is 36.7 Å². The quantitative estimate of drug-likeness (QED) is 0.600. The molecule has 3 rings (SSSR count). The van der Waals surface area contributed by atoms with Crippen molar-refractivity contribution in [2.45, 2.75) is 66.7 Å². The monoisotopic (exact) mass is 426 g/mol. The van der Waals surface area contributed by atoms with Crippen LogP contribution in [0.4, 0.5) is 5.95 Å². The molecule has 0 saturated heterocycles. The number of aromatic nitrogens is 4. The molecule has 0 fully saturated rings. The molecule has 166 valence electrons. The largest absolute Gasteiger partial charge is 0.486 e. The first-order valence-electron chi connectivity index (χ1n) is 10.4. The average Bonchev–Trinajstić information content (AvgIpc) is 3.21. The Labute approximate surface area is 181 Å². The summed E-state index contributed by atoms with van der Waals surface area (Å²) in [4.78, 5) is 29.5. The van der Waals surface area contributed by atoms with Gasteiger partial charge in [-0.1, -0.05) is 6.92 Å². The predicted molar refractivity (Wildman–Crippen MR) is 120 cm³/mol. The SMILES string of the molecule is CCCn1c(NC(=O)c2cc(C)nn2CC)nc2cc(C(N)=O)cc(OC(C)(C)C)c21. The van der Waals surface area contributed by atoms with Crippen molar-refractivity contribution in [2.75, 3.05) is 5.32 Å². The van der Waals surface area contributed by atoms with Crippen molar-refractivity contribution in [3.63, 3.8) is 0 Å². The maximum Gasteiger partial charge on any atom is 0.276 e. The predicted octanol–water partition coefficient (Wildman–Crippen LogP) is 3.50. The Kier molecular flexibility index (Phi) is 6.06. The molecular formula is C22H30N6O3. The molecule has 2 amide bonds. The number of carbonyl (C=O) groups excluding carboxylic acids is 2. The molecule has 0 saturated carbocycles. The van der Waals surface area contributed by atoms with Crippen LogP contribution >= 0.6 is 0 Å². The standard InChI is InChI=1S/C22H30N6O3/c1-7-9-27-18-15(11-14(19(23)29)12-17(18)31-22(4,5)6)24-21(27)25-20(30)16-10-13(3)26-28(16)8-2/h10-12H,7-9H2,1-6H3,(H2,23,29)(H,24,25,30). The number of imidazole rings is 1. The maximum absolute atomic E-state index is 13.0. The number of benzene rings is 1. The van der Waals surface area contributed by atoms with Gasteiger partial charge in [0.2, 0.25) is 11.9 Å². The van der Waals surface area contributed by atoms with Gasteiger partial charge in [-0.3, -0.25) is 19.6 Å². The number of rotatable bonds is 7. The van der Waals surface area contributed by atoms with Gasteiger partial charge in [0, 0.05) is 18.7 Å². The summed E-state index contributed by atoms with van der Waals surface area (Å²) in [5.41, 5.74) is 7.77. The van der Waals surface area contributed by atoms with Gasteiger partial charge in [-0.2, -0.15) is 5.10 Å². The Morgan fingerprint density at radius 2 is 1.90 bits per heavy atom. The van der Waals surface area contributed by atoms with E-state index in [1.54, 1.807) is 22.9 Å². The smallest absolute Gasteiger partial charge is 0.276 e. The lowest BCUT2D eigenvalue weighted by Gasteiger charge is -2.23. The number of aryl methyl sites for hydroxylation is 3. The molecule has 3 aromatic rings. The van der Waals surface area contributed by atoms with E-state index in [0.29, 0.717) is 47.1 Å². The minimum Gasteiger partial charge on any atom is -0.486 e. The van der Waals surface area contributed by atoms with E-state index in [2.05, 4.69) is 15.4 Å². The summed E-state index contributed by atoms with van der Waals surface area (Å²) in [6.07, 6.45) is 0.812. The molecule has 0 aliphatic heterocycles. The molecule has 1 aromatic carbocycles. The van der Waals surface area contributed by atoms with Crippen LogP contribution in [0.15, 0.2) is 18.2 Å². The van der Waals surface area contributed by atoms with E-state index in [1.165, 1.54) is 0 Å². The fourth-order valence-corrected chi connectivity index (χ4v) is 3.45. The normalized spacial score (nSPS) is 11.7. The first kappa shape index (κ1) is 22.3. The lowest BCUT2D eigenvalue weighted by Crippen LogP contribution is -2.24. The highest BCUT2D eigenvalue weighted by atomic mass is 16.5. The lowest BCUT2D eigenvalue weighted by molar-refractivity contribution is 0.0994. The summed E-state index contributed by atoms with van der Waals surface area (Å²) in [6, 6.07) is 4.99. The van der Waals surface area contributed by atoms with Gasteiger partial charge in [-0.25, -0.2) is 4.98 Å². The molecule has 9 heteroatoms. The van der Waals surface area contributed by atoms with Crippen LogP contribution < -0.4 is 15.8 Å². The van der Waals surface area contributed by atoms with Gasteiger partial charge in [-0.05, 0) is 59.2 Å². The van der Waals surface area contributed by atoms with E-state index >= 15 is 0 Å². The molecule has 0 spiro atoms. The zero-order valence-electron chi connectivity index (χ0n) is 18.9. The maximum atomic E-state index is 13.0. The minimum atomic E-state index is -0.571. The summed E-state index contributed by atoms with van der Waals surface area (Å²) in [6.45, 7) is 12.8. The third-order valence-corrected chi connectivity index (χ3v) is 4.61. The third kappa shape index (κ3) is 4.70. The number of carbonyl (C=O) groups is 2. The second kappa shape index (κ2) is 8.41. The van der Waals surface area contributed by atoms with Crippen LogP contribution in [0.25, 0.3) is 11.0 Å². The fourth-order valence-electron chi connectivity index (χ4n) is 3.45. The summed E-state index contributed by atoms with van der Waals surface area (Å²) >= 11 is 0. The summed E-state index contributed by atoms with van der Waals surface area (Å²) < 4.78 is 9.69. The van der Waals surface area contributed by atoms with Crippen LogP contribution in [0.1, 0.15) is 67.6 Å². The summed E-state index contributed by atoms with van der Waals surface area (Å²) in [5.74, 6) is 0.000520. The van der Waals surface area contributed by atoms with Crippen LogP contribution in [-0.2, 0) is 13.1 Å². The van der Waals surface area contributed by atoms with Crippen LogP contribution in [0.2, 0.25) is 0 Å². The number of ether oxygens (including phenoxy) is 1. The number of nitrogens with zero attached hydrogens (tertiary/aromatic N) is 4. The van der Waals surface area contributed by atoms with E-state index in [9.17, 15) is 9.59 Å². The molecule has 2 aromatic heterocycles. The number of hydrogen-bond acceptors (Lipinski definition) is 5. The second-order valence-corrected chi connectivity index (χ2v) is 8.45. The summed E-state index contributed by atoms with van der Waals surface area (Å²) in [7, 11) is 0. The molecule has 0 aliphatic rings. The third-order valence-electron chi connectivity index (χ3n) is 4.61. The van der Waals surface area contributed by atoms with Gasteiger partial charge < -0.3 is 15.0 Å². The Morgan fingerprint density at radius 3 is 2.48 bits per heavy atom. The van der Waals surface area contributed by atoms with Crippen LogP contribution in [0.5, 0.6) is 5.75 Å². The highest BCUT2D eigenvalue weighted by Crippen LogP contribution is 2.33. The number of hydrogen-bond donors (Lipinski definition) is 2. The van der Waals surface area contributed by atoms with Crippen molar-refractivity contribution in [1.29, 1.82) is 0 Å². The molecular weight excluding hydrogens is 396 g/mol. The molecule has 31 heavy (non-hydrogen) atoms. The molecule has 9 nitrogen and oxygen atoms in total. The first-order valence-corrected chi connectivity index (χ1v) is 10.4. The number of fused-ring (bicyclic) bond motifs is 1. The summed E-state index contributed by atoms with van der Waals surface area (Å²) in [5, 5.41) is 7.24. The van der Waals surface area contributed by atoms with E-state index in [0.717, 1.165) is 12.1 Å². The van der Waals surface area contributed by atoms with Gasteiger partial charge in [0.1, 0.15) is 22.6 Å². The average molecular weight is 427 g/mol. The molecule has 0 atom stereocenters. The molecule has 0 radical (unpaired) electrons. The van der Waals surface area contributed by atoms with E-state index in [-0.39, 0.29) is 5.91 Å². The molecule has 3 N–H and O–H groups in total. The van der Waals surface area contributed by atoms with Crippen molar-refractivity contribution in [1.82, 2.24) is 19.3 Å². The van der Waals surface area contributed by atoms with Gasteiger partial charge in [0.25, 0.3) is 5.91 Å². The Balaban J connectivity index is 2.15. The number of anilines is 1. The van der Waals surface area contributed by atoms with Crippen molar-refractivity contribution < 1.29 is 14.3 Å². The van der Waals surface area contributed by atoms with Crippen molar-refractivity contribution >= 4 is 28.8 Å². The number of amides is 2. The molecule has 0 aliphatic carbocycles. The Morgan fingerprint density at radius 1 is 1.19 bits per heavy atom. The van der Waals surface area contributed by atoms with Crippen LogP contribution in [0, 0.1) is 6.92 Å². The Hall–Kier alpha value is -3.36. The fraction of sp³-hybridized carbons (Fsp3) is 0.455. The number of primary amides is 1. The zero-order chi connectivity index (χ0) is 22.9. The van der Waals surface area contributed by atoms with Gasteiger partial charge >= 0.3 is 0 Å². The van der Waals surface area contributed by atoms with Crippen molar-refractivity contribution in [3.05, 3.63) is 35.2 Å². The van der Waals surface area contributed by atoms with Gasteiger partial charge in [-0.15, -0.1) is 0 Å². The topological polar surface area (TPSA) is 117 Å². The highest BCUT2D eigenvalue weighted by molar-refractivity contribution is 6.04. The number of nitrogens with two attached hydrogens (primary N) is 1. The second-order valence-electron chi connectivity index (χ2n) is 8.45. The molecule has 2 heterocycles. The van der Waals surface area contributed by atoms with Crippen LogP contribution in [0.3, 0.4) is 0 Å². The Bertz CT molecular complexity index is 1140. The lowest BCUT2D eigenvalue weighted by atomic mass is 10.1. The van der Waals surface area contributed by atoms with Gasteiger partial charge in [0.05, 0.1) is 11.2 Å². The zero-order valence-corrected chi connectivity index (χ0v) is 18.9. The van der Waals surface area contributed by atoms with Crippen molar-refractivity contribution in [3.8, 4) is 5.75 Å². The molecule has 0 unspecified atom stereocenters. The van der Waals surface area contributed by atoms with E-state index in [4.69, 9.17) is 10.5 Å². The highest BCUT2D eigenvalue weighted by Gasteiger charge is 2.23. The van der Waals surface area contributed by atoms with E-state index < -0.39 is 11.5 Å². The first-order chi connectivity index (χ1) is 14.5. The van der Waals surface area contributed by atoms with Crippen molar-refractivity contribution in [2.24, 2.45) is 5.73 Å². The number of nitrogens with one attached hydrogen (secondary N) is 1.